The first-order valence-electron chi connectivity index (χ1n) is 10.9. The maximum Gasteiger partial charge on any atom is 0.273 e. The van der Waals surface area contributed by atoms with Gasteiger partial charge in [-0.15, -0.1) is 0 Å². The summed E-state index contributed by atoms with van der Waals surface area (Å²) in [5, 5.41) is 4.13. The lowest BCUT2D eigenvalue weighted by molar-refractivity contribution is 0.0955. The summed E-state index contributed by atoms with van der Waals surface area (Å²) in [7, 11) is 0. The van der Waals surface area contributed by atoms with Crippen LogP contribution in [0.15, 0.2) is 94.8 Å². The van der Waals surface area contributed by atoms with Gasteiger partial charge >= 0.3 is 0 Å². The minimum absolute atomic E-state index is 0.253. The predicted molar refractivity (Wildman–Crippen MR) is 137 cm³/mol. The standard InChI is InChI=1S/C27H23BrFN3O3/c1-2-34-25-16-20(15-23(28)26(25)35-18-19-9-11-21(29)12-10-19)17-30-31-27(33)22-7-3-4-8-24(22)32-13-5-6-14-32/h3-17H,2,18H2,1H3,(H,31,33)/b30-17-. The second-order valence-corrected chi connectivity index (χ2v) is 8.34. The van der Waals surface area contributed by atoms with Crippen molar-refractivity contribution in [2.24, 2.45) is 5.10 Å². The average Bonchev–Trinajstić information content (AvgIpc) is 3.40. The van der Waals surface area contributed by atoms with Crippen LogP contribution in [-0.4, -0.2) is 23.3 Å². The van der Waals surface area contributed by atoms with Crippen LogP contribution in [0, 0.1) is 5.82 Å². The molecule has 0 radical (unpaired) electrons. The molecule has 1 aromatic heterocycles. The first-order valence-corrected chi connectivity index (χ1v) is 11.7. The van der Waals surface area contributed by atoms with Crippen LogP contribution < -0.4 is 14.9 Å². The van der Waals surface area contributed by atoms with E-state index in [0.717, 1.165) is 11.3 Å². The zero-order chi connectivity index (χ0) is 24.6. The van der Waals surface area contributed by atoms with Crippen LogP contribution in [0.3, 0.4) is 0 Å². The summed E-state index contributed by atoms with van der Waals surface area (Å²) >= 11 is 3.53. The molecule has 0 atom stereocenters. The molecular formula is C27H23BrFN3O3. The summed E-state index contributed by atoms with van der Waals surface area (Å²) < 4.78 is 27.4. The van der Waals surface area contributed by atoms with Gasteiger partial charge in [-0.1, -0.05) is 24.3 Å². The van der Waals surface area contributed by atoms with E-state index in [1.54, 1.807) is 24.3 Å². The number of nitrogens with zero attached hydrogens (tertiary/aromatic N) is 2. The molecule has 0 saturated heterocycles. The zero-order valence-electron chi connectivity index (χ0n) is 18.9. The highest BCUT2D eigenvalue weighted by Gasteiger charge is 2.13. The minimum atomic E-state index is -0.325. The number of aromatic nitrogens is 1. The number of halogens is 2. The van der Waals surface area contributed by atoms with Gasteiger partial charge in [-0.05, 0) is 82.5 Å². The Morgan fingerprint density at radius 3 is 2.54 bits per heavy atom. The third-order valence-electron chi connectivity index (χ3n) is 5.04. The number of hydrazone groups is 1. The number of nitrogens with one attached hydrogen (secondary N) is 1. The van der Waals surface area contributed by atoms with Gasteiger partial charge in [0, 0.05) is 12.4 Å². The van der Waals surface area contributed by atoms with Crippen molar-refractivity contribution in [3.05, 3.63) is 112 Å². The molecule has 6 nitrogen and oxygen atoms in total. The van der Waals surface area contributed by atoms with E-state index in [1.807, 2.05) is 60.3 Å². The number of hydrogen-bond acceptors (Lipinski definition) is 4. The van der Waals surface area contributed by atoms with Gasteiger partial charge in [0.25, 0.3) is 5.91 Å². The number of carbonyl (C=O) groups is 1. The molecule has 8 heteroatoms. The van der Waals surface area contributed by atoms with Gasteiger partial charge in [0.05, 0.1) is 28.5 Å². The molecule has 4 aromatic rings. The Balaban J connectivity index is 1.48. The van der Waals surface area contributed by atoms with E-state index in [-0.39, 0.29) is 18.3 Å². The molecule has 1 amide bonds. The summed E-state index contributed by atoms with van der Waals surface area (Å²) in [6.07, 6.45) is 5.29. The summed E-state index contributed by atoms with van der Waals surface area (Å²) in [6.45, 7) is 2.57. The van der Waals surface area contributed by atoms with Crippen molar-refractivity contribution < 1.29 is 18.7 Å². The highest BCUT2D eigenvalue weighted by atomic mass is 79.9. The van der Waals surface area contributed by atoms with Crippen molar-refractivity contribution in [2.75, 3.05) is 6.61 Å². The average molecular weight is 536 g/mol. The van der Waals surface area contributed by atoms with Crippen LogP contribution in [0.2, 0.25) is 0 Å². The van der Waals surface area contributed by atoms with Crippen molar-refractivity contribution in [1.82, 2.24) is 9.99 Å². The maximum atomic E-state index is 13.1. The predicted octanol–water partition coefficient (Wildman–Crippen LogP) is 6.12. The molecule has 0 bridgehead atoms. The van der Waals surface area contributed by atoms with E-state index in [9.17, 15) is 9.18 Å². The topological polar surface area (TPSA) is 64.8 Å². The van der Waals surface area contributed by atoms with Gasteiger partial charge < -0.3 is 14.0 Å². The molecule has 3 aromatic carbocycles. The Morgan fingerprint density at radius 1 is 1.06 bits per heavy atom. The van der Waals surface area contributed by atoms with Crippen LogP contribution in [0.5, 0.6) is 11.5 Å². The highest BCUT2D eigenvalue weighted by molar-refractivity contribution is 9.10. The molecule has 178 valence electrons. The number of ether oxygens (including phenoxy) is 2. The summed E-state index contributed by atoms with van der Waals surface area (Å²) in [4.78, 5) is 12.8. The molecule has 35 heavy (non-hydrogen) atoms. The molecule has 0 spiro atoms. The maximum absolute atomic E-state index is 13.1. The van der Waals surface area contributed by atoms with Crippen molar-refractivity contribution in [3.63, 3.8) is 0 Å². The van der Waals surface area contributed by atoms with Crippen molar-refractivity contribution >= 4 is 28.1 Å². The first kappa shape index (κ1) is 24.2. The van der Waals surface area contributed by atoms with Crippen LogP contribution in [0.25, 0.3) is 5.69 Å². The SMILES string of the molecule is CCOc1cc(/C=N\NC(=O)c2ccccc2-n2cccc2)cc(Br)c1OCc1ccc(F)cc1. The number of benzene rings is 3. The van der Waals surface area contributed by atoms with E-state index in [4.69, 9.17) is 9.47 Å². The van der Waals surface area contributed by atoms with Gasteiger partial charge in [0.15, 0.2) is 11.5 Å². The fourth-order valence-electron chi connectivity index (χ4n) is 3.41. The molecule has 0 unspecified atom stereocenters. The Bertz CT molecular complexity index is 1320. The number of hydrogen-bond donors (Lipinski definition) is 1. The van der Waals surface area contributed by atoms with Crippen molar-refractivity contribution in [1.29, 1.82) is 0 Å². The number of amides is 1. The second-order valence-electron chi connectivity index (χ2n) is 7.48. The van der Waals surface area contributed by atoms with Gasteiger partial charge in [-0.2, -0.15) is 5.10 Å². The molecule has 0 aliphatic heterocycles. The molecule has 1 N–H and O–H groups in total. The Kier molecular flexibility index (Phi) is 7.95. The molecule has 0 aliphatic rings. The number of rotatable bonds is 9. The molecule has 4 rings (SSSR count). The van der Waals surface area contributed by atoms with Crippen molar-refractivity contribution in [2.45, 2.75) is 13.5 Å². The number of para-hydroxylation sites is 1. The Morgan fingerprint density at radius 2 is 1.80 bits per heavy atom. The van der Waals surface area contributed by atoms with E-state index >= 15 is 0 Å². The van der Waals surface area contributed by atoms with Gasteiger partial charge in [0.2, 0.25) is 0 Å². The molecule has 0 saturated carbocycles. The van der Waals surface area contributed by atoms with Crippen LogP contribution in [0.4, 0.5) is 4.39 Å². The molecule has 0 fully saturated rings. The first-order chi connectivity index (χ1) is 17.0. The monoisotopic (exact) mass is 535 g/mol. The summed E-state index contributed by atoms with van der Waals surface area (Å²) in [6, 6.07) is 20.8. The zero-order valence-corrected chi connectivity index (χ0v) is 20.5. The van der Waals surface area contributed by atoms with Crippen LogP contribution >= 0.6 is 15.9 Å². The third-order valence-corrected chi connectivity index (χ3v) is 5.63. The number of carbonyl (C=O) groups excluding carboxylic acids is 1. The van der Waals surface area contributed by atoms with Gasteiger partial charge in [-0.3, -0.25) is 4.79 Å². The van der Waals surface area contributed by atoms with Crippen LogP contribution in [-0.2, 0) is 6.61 Å². The lowest BCUT2D eigenvalue weighted by Crippen LogP contribution is -2.19. The normalized spacial score (nSPS) is 10.9. The lowest BCUT2D eigenvalue weighted by Gasteiger charge is -2.14. The molecule has 1 heterocycles. The minimum Gasteiger partial charge on any atom is -0.490 e. The quantitative estimate of drug-likeness (QED) is 0.207. The fourth-order valence-corrected chi connectivity index (χ4v) is 3.99. The summed E-state index contributed by atoms with van der Waals surface area (Å²) in [5.74, 6) is 0.426. The van der Waals surface area contributed by atoms with Crippen LogP contribution in [0.1, 0.15) is 28.4 Å². The van der Waals surface area contributed by atoms with Crippen molar-refractivity contribution in [3.8, 4) is 17.2 Å². The Labute approximate surface area is 211 Å². The molecular weight excluding hydrogens is 513 g/mol. The largest absolute Gasteiger partial charge is 0.490 e. The second kappa shape index (κ2) is 11.5. The van der Waals surface area contributed by atoms with E-state index in [1.165, 1.54) is 18.3 Å². The van der Waals surface area contributed by atoms with E-state index in [0.29, 0.717) is 33.7 Å². The van der Waals surface area contributed by atoms with E-state index < -0.39 is 0 Å². The summed E-state index contributed by atoms with van der Waals surface area (Å²) in [5.41, 5.74) is 5.38. The third kappa shape index (κ3) is 6.16. The smallest absolute Gasteiger partial charge is 0.273 e. The fraction of sp³-hybridized carbons (Fsp3) is 0.111. The van der Waals surface area contributed by atoms with Gasteiger partial charge in [0.1, 0.15) is 12.4 Å². The van der Waals surface area contributed by atoms with E-state index in [2.05, 4.69) is 26.5 Å². The Hall–Kier alpha value is -3.91. The lowest BCUT2D eigenvalue weighted by atomic mass is 10.1. The van der Waals surface area contributed by atoms with Gasteiger partial charge in [-0.25, -0.2) is 9.82 Å². The highest BCUT2D eigenvalue weighted by Crippen LogP contribution is 2.37. The molecule has 0 aliphatic carbocycles.